The second-order valence-corrected chi connectivity index (χ2v) is 8.43. The summed E-state index contributed by atoms with van der Waals surface area (Å²) in [5.74, 6) is 2.27. The summed E-state index contributed by atoms with van der Waals surface area (Å²) in [6, 6.07) is 3.82. The quantitative estimate of drug-likeness (QED) is 0.607. The number of benzene rings is 1. The van der Waals surface area contributed by atoms with Gasteiger partial charge < -0.3 is 14.4 Å². The maximum absolute atomic E-state index is 12.8. The minimum atomic E-state index is -0.363. The maximum atomic E-state index is 12.8. The van der Waals surface area contributed by atoms with Gasteiger partial charge in [0.15, 0.2) is 17.7 Å². The first-order chi connectivity index (χ1) is 14.2. The number of thioether (sulfide) groups is 1. The van der Waals surface area contributed by atoms with Crippen LogP contribution in [0.2, 0.25) is 0 Å². The Bertz CT molecular complexity index is 837. The number of aliphatic imine (C=N–C) groups is 2. The number of nitrogens with zero attached hydrogens (tertiary/aromatic N) is 4. The van der Waals surface area contributed by atoms with Crippen LogP contribution in [0.15, 0.2) is 22.1 Å². The Morgan fingerprint density at radius 2 is 2.10 bits per heavy atom. The van der Waals surface area contributed by atoms with Crippen molar-refractivity contribution < 1.29 is 14.3 Å². The zero-order valence-electron chi connectivity index (χ0n) is 17.3. The van der Waals surface area contributed by atoms with Gasteiger partial charge in [0.05, 0.1) is 36.7 Å². The average Bonchev–Trinajstić information content (AvgIpc) is 3.22. The molecule has 156 valence electrons. The molecule has 29 heavy (non-hydrogen) atoms. The molecule has 7 nitrogen and oxygen atoms in total. The second-order valence-electron chi connectivity index (χ2n) is 7.31. The van der Waals surface area contributed by atoms with Gasteiger partial charge in [-0.1, -0.05) is 13.8 Å². The molecule has 1 amide bonds. The van der Waals surface area contributed by atoms with Gasteiger partial charge in [-0.25, -0.2) is 4.99 Å². The van der Waals surface area contributed by atoms with Crippen molar-refractivity contribution in [3.63, 3.8) is 0 Å². The van der Waals surface area contributed by atoms with Crippen LogP contribution in [0, 0.1) is 5.92 Å². The zero-order chi connectivity index (χ0) is 20.4. The molecule has 1 aromatic rings. The minimum absolute atomic E-state index is 0.0927. The lowest BCUT2D eigenvalue weighted by Gasteiger charge is -2.35. The Morgan fingerprint density at radius 1 is 1.28 bits per heavy atom. The van der Waals surface area contributed by atoms with E-state index < -0.39 is 0 Å². The van der Waals surface area contributed by atoms with E-state index in [2.05, 4.69) is 23.7 Å². The summed E-state index contributed by atoms with van der Waals surface area (Å²) >= 11 is 1.69. The maximum Gasteiger partial charge on any atom is 0.239 e. The van der Waals surface area contributed by atoms with Crippen molar-refractivity contribution in [1.29, 1.82) is 0 Å². The number of carbonyl (C=O) groups is 1. The molecule has 0 saturated carbocycles. The summed E-state index contributed by atoms with van der Waals surface area (Å²) in [7, 11) is 1.63. The highest BCUT2D eigenvalue weighted by molar-refractivity contribution is 8.14. The molecule has 1 aromatic carbocycles. The molecule has 1 saturated heterocycles. The molecule has 2 unspecified atom stereocenters. The van der Waals surface area contributed by atoms with E-state index in [9.17, 15) is 4.79 Å². The van der Waals surface area contributed by atoms with E-state index in [-0.39, 0.29) is 18.0 Å². The summed E-state index contributed by atoms with van der Waals surface area (Å²) < 4.78 is 11.6. The van der Waals surface area contributed by atoms with Crippen molar-refractivity contribution in [1.82, 2.24) is 9.80 Å². The number of carbonyl (C=O) groups excluding carboxylic acids is 1. The predicted molar refractivity (Wildman–Crippen MR) is 117 cm³/mol. The van der Waals surface area contributed by atoms with E-state index in [1.54, 1.807) is 30.1 Å². The monoisotopic (exact) mass is 416 g/mol. The lowest BCUT2D eigenvalue weighted by Crippen LogP contribution is -2.43. The van der Waals surface area contributed by atoms with E-state index in [1.807, 2.05) is 12.1 Å². The van der Waals surface area contributed by atoms with E-state index in [0.717, 1.165) is 54.5 Å². The van der Waals surface area contributed by atoms with E-state index in [4.69, 9.17) is 14.5 Å². The molecule has 4 rings (SSSR count). The smallest absolute Gasteiger partial charge is 0.239 e. The van der Waals surface area contributed by atoms with Crippen molar-refractivity contribution >= 4 is 34.7 Å². The van der Waals surface area contributed by atoms with Gasteiger partial charge in [0.1, 0.15) is 0 Å². The number of methoxy groups -OCH3 is 1. The van der Waals surface area contributed by atoms with Gasteiger partial charge >= 0.3 is 0 Å². The highest BCUT2D eigenvalue weighted by atomic mass is 32.2. The highest BCUT2D eigenvalue weighted by Crippen LogP contribution is 2.45. The lowest BCUT2D eigenvalue weighted by molar-refractivity contribution is -0.131. The van der Waals surface area contributed by atoms with Crippen LogP contribution in [-0.2, 0) is 4.79 Å². The molecule has 0 aromatic heterocycles. The molecule has 3 aliphatic rings. The molecule has 0 radical (unpaired) electrons. The third kappa shape index (κ3) is 3.88. The zero-order valence-corrected chi connectivity index (χ0v) is 18.1. The first-order valence-electron chi connectivity index (χ1n) is 10.3. The van der Waals surface area contributed by atoms with E-state index >= 15 is 0 Å². The van der Waals surface area contributed by atoms with Gasteiger partial charge in [0.2, 0.25) is 5.91 Å². The Hall–Kier alpha value is -2.06. The van der Waals surface area contributed by atoms with Crippen molar-refractivity contribution in [3.05, 3.63) is 17.7 Å². The Morgan fingerprint density at radius 3 is 2.86 bits per heavy atom. The van der Waals surface area contributed by atoms with Gasteiger partial charge in [-0.3, -0.25) is 14.7 Å². The summed E-state index contributed by atoms with van der Waals surface area (Å²) in [6.07, 6.45) is 3.06. The van der Waals surface area contributed by atoms with Crippen molar-refractivity contribution in [2.45, 2.75) is 32.9 Å². The van der Waals surface area contributed by atoms with Crippen LogP contribution >= 0.6 is 11.8 Å². The fourth-order valence-corrected chi connectivity index (χ4v) is 5.13. The molecule has 0 N–H and O–H groups in total. The number of fused-ring (bicyclic) bond motifs is 4. The van der Waals surface area contributed by atoms with Crippen LogP contribution in [0.25, 0.3) is 0 Å². The Labute approximate surface area is 176 Å². The standard InChI is InChI=1S/C21H28N4O3S/c1-4-24(5-2)8-6-9-28-18-12-16-15(11-17(18)27-3)19-23-20-14(7-10-29-20)21(26)25(19)13-22-16/h11-14,19H,4-10H2,1-3H3. The number of rotatable bonds is 8. The van der Waals surface area contributed by atoms with Gasteiger partial charge in [-0.05, 0) is 32.0 Å². The molecule has 0 spiro atoms. The number of hydrogen-bond donors (Lipinski definition) is 0. The van der Waals surface area contributed by atoms with Gasteiger partial charge in [-0.15, -0.1) is 11.8 Å². The molecule has 1 fully saturated rings. The van der Waals surface area contributed by atoms with Crippen molar-refractivity contribution in [2.75, 3.05) is 39.1 Å². The Balaban J connectivity index is 1.54. The third-order valence-electron chi connectivity index (χ3n) is 5.70. The summed E-state index contributed by atoms with van der Waals surface area (Å²) in [5, 5.41) is 0.952. The largest absolute Gasteiger partial charge is 0.493 e. The molecular weight excluding hydrogens is 388 g/mol. The molecule has 2 atom stereocenters. The minimum Gasteiger partial charge on any atom is -0.493 e. The van der Waals surface area contributed by atoms with Crippen molar-refractivity contribution in [3.8, 4) is 11.5 Å². The number of amides is 1. The molecule has 0 bridgehead atoms. The van der Waals surface area contributed by atoms with E-state index in [0.29, 0.717) is 18.1 Å². The molecule has 3 heterocycles. The van der Waals surface area contributed by atoms with Gasteiger partial charge in [0, 0.05) is 23.9 Å². The average molecular weight is 417 g/mol. The van der Waals surface area contributed by atoms with E-state index in [1.165, 1.54) is 0 Å². The van der Waals surface area contributed by atoms with Crippen LogP contribution < -0.4 is 9.47 Å². The number of ether oxygens (including phenoxy) is 2. The normalized spacial score (nSPS) is 22.3. The van der Waals surface area contributed by atoms with Crippen LogP contribution in [-0.4, -0.2) is 66.2 Å². The molecule has 8 heteroatoms. The highest BCUT2D eigenvalue weighted by Gasteiger charge is 2.42. The topological polar surface area (TPSA) is 66.7 Å². The molecule has 3 aliphatic heterocycles. The fourth-order valence-electron chi connectivity index (χ4n) is 3.97. The summed E-state index contributed by atoms with van der Waals surface area (Å²) in [4.78, 5) is 26.3. The first kappa shape index (κ1) is 20.2. The van der Waals surface area contributed by atoms with Crippen LogP contribution in [0.5, 0.6) is 11.5 Å². The van der Waals surface area contributed by atoms with Crippen molar-refractivity contribution in [2.24, 2.45) is 15.9 Å². The van der Waals surface area contributed by atoms with Crippen LogP contribution in [0.1, 0.15) is 38.4 Å². The van der Waals surface area contributed by atoms with Gasteiger partial charge in [0.25, 0.3) is 0 Å². The second kappa shape index (κ2) is 8.75. The summed E-state index contributed by atoms with van der Waals surface area (Å²) in [6.45, 7) is 8.06. The lowest BCUT2D eigenvalue weighted by atomic mass is 10.00. The fraction of sp³-hybridized carbons (Fsp3) is 0.571. The number of hydrogen-bond acceptors (Lipinski definition) is 7. The predicted octanol–water partition coefficient (Wildman–Crippen LogP) is 3.47. The van der Waals surface area contributed by atoms with Crippen LogP contribution in [0.3, 0.4) is 0 Å². The Kier molecular flexibility index (Phi) is 6.10. The molecule has 0 aliphatic carbocycles. The third-order valence-corrected chi connectivity index (χ3v) is 6.83. The van der Waals surface area contributed by atoms with Crippen LogP contribution in [0.4, 0.5) is 5.69 Å². The van der Waals surface area contributed by atoms with Gasteiger partial charge in [-0.2, -0.15) is 0 Å². The molecular formula is C21H28N4O3S. The SMILES string of the molecule is CCN(CC)CCCOc1cc2c(cc1OC)C1N=C3SCCC3C(=O)N1C=N2. The first-order valence-corrected chi connectivity index (χ1v) is 11.3. The summed E-state index contributed by atoms with van der Waals surface area (Å²) in [5.41, 5.74) is 1.66.